The molecule has 1 aliphatic rings. The molecule has 1 heterocycles. The van der Waals surface area contributed by atoms with Crippen molar-refractivity contribution in [3.63, 3.8) is 0 Å². The third-order valence-electron chi connectivity index (χ3n) is 5.75. The molecule has 11 nitrogen and oxygen atoms in total. The average molecular weight is 466 g/mol. The van der Waals surface area contributed by atoms with Crippen LogP contribution in [0.3, 0.4) is 0 Å². The number of carboxylic acids is 3. The summed E-state index contributed by atoms with van der Waals surface area (Å²) in [6, 6.07) is 6.67. The van der Waals surface area contributed by atoms with Crippen LogP contribution in [0.2, 0.25) is 0 Å². The number of carboxylic acid groups (broad SMARTS) is 3. The van der Waals surface area contributed by atoms with Gasteiger partial charge in [-0.2, -0.15) is 0 Å². The molecule has 1 aromatic carbocycles. The summed E-state index contributed by atoms with van der Waals surface area (Å²) in [4.78, 5) is 40.0. The van der Waals surface area contributed by atoms with Crippen molar-refractivity contribution in [3.8, 4) is 0 Å². The fourth-order valence-corrected chi connectivity index (χ4v) is 3.93. The maximum absolute atomic E-state index is 12.1. The van der Waals surface area contributed by atoms with Crippen molar-refractivity contribution in [2.24, 2.45) is 0 Å². The van der Waals surface area contributed by atoms with Crippen LogP contribution in [-0.4, -0.2) is 119 Å². The molecule has 184 valence electrons. The third-order valence-corrected chi connectivity index (χ3v) is 5.75. The number of anilines is 1. The molecule has 1 atom stereocenters. The van der Waals surface area contributed by atoms with E-state index < -0.39 is 23.9 Å². The second-order valence-electron chi connectivity index (χ2n) is 8.26. The van der Waals surface area contributed by atoms with Gasteiger partial charge in [0, 0.05) is 58.0 Å². The van der Waals surface area contributed by atoms with Gasteiger partial charge in [-0.3, -0.25) is 29.1 Å². The van der Waals surface area contributed by atoms with E-state index in [2.05, 4.69) is 5.32 Å². The largest absolute Gasteiger partial charge is 0.480 e. The lowest BCUT2D eigenvalue weighted by atomic mass is 10.0. The Kier molecular flexibility index (Phi) is 11.0. The summed E-state index contributed by atoms with van der Waals surface area (Å²) in [5.41, 5.74) is 7.39. The van der Waals surface area contributed by atoms with Crippen LogP contribution in [-0.2, 0) is 20.8 Å². The molecular formula is C22H35N5O6. The highest BCUT2D eigenvalue weighted by Gasteiger charge is 2.26. The monoisotopic (exact) mass is 465 g/mol. The summed E-state index contributed by atoms with van der Waals surface area (Å²) in [6.07, 6.45) is 1.01. The lowest BCUT2D eigenvalue weighted by Crippen LogP contribution is -2.50. The van der Waals surface area contributed by atoms with E-state index in [0.29, 0.717) is 70.9 Å². The average Bonchev–Trinajstić information content (AvgIpc) is 2.73. The first-order chi connectivity index (χ1) is 15.7. The van der Waals surface area contributed by atoms with Gasteiger partial charge >= 0.3 is 17.9 Å². The first kappa shape index (κ1) is 26.5. The summed E-state index contributed by atoms with van der Waals surface area (Å²) in [5, 5.41) is 31.6. The second kappa shape index (κ2) is 13.7. The molecule has 0 aliphatic carbocycles. The van der Waals surface area contributed by atoms with Crippen molar-refractivity contribution in [2.45, 2.75) is 18.9 Å². The van der Waals surface area contributed by atoms with Crippen LogP contribution in [0.1, 0.15) is 12.0 Å². The first-order valence-electron chi connectivity index (χ1n) is 11.1. The van der Waals surface area contributed by atoms with Crippen molar-refractivity contribution >= 4 is 23.6 Å². The van der Waals surface area contributed by atoms with Crippen LogP contribution in [0.5, 0.6) is 0 Å². The highest BCUT2D eigenvalue weighted by Crippen LogP contribution is 2.13. The Hall–Kier alpha value is -2.73. The number of rotatable bonds is 9. The number of nitrogens with zero attached hydrogens (tertiary/aromatic N) is 3. The van der Waals surface area contributed by atoms with Crippen LogP contribution in [0.25, 0.3) is 0 Å². The molecule has 33 heavy (non-hydrogen) atoms. The predicted molar refractivity (Wildman–Crippen MR) is 123 cm³/mol. The molecule has 1 unspecified atom stereocenters. The number of aliphatic carboxylic acids is 3. The predicted octanol–water partition coefficient (Wildman–Crippen LogP) is -0.667. The molecule has 0 saturated carbocycles. The van der Waals surface area contributed by atoms with Crippen molar-refractivity contribution < 1.29 is 29.7 Å². The minimum Gasteiger partial charge on any atom is -0.480 e. The lowest BCUT2D eigenvalue weighted by molar-refractivity contribution is -0.144. The summed E-state index contributed by atoms with van der Waals surface area (Å²) in [5.74, 6) is -2.81. The number of hydrogen-bond acceptors (Lipinski definition) is 8. The van der Waals surface area contributed by atoms with Gasteiger partial charge in [0.1, 0.15) is 6.04 Å². The standard InChI is InChI=1S/C22H35N5O6/c23-18-4-1-17(2-5-18)3-6-19(22(32)33)27-10-8-24-7-9-25(15-20(28)29)11-12-26(13-14-27)16-21(30)31/h1-2,4-5,19,24H,3,6-16,23H2,(H,28,29)(H,30,31)(H,32,33). The van der Waals surface area contributed by atoms with E-state index in [0.717, 1.165) is 5.56 Å². The molecule has 0 aromatic heterocycles. The molecule has 11 heteroatoms. The molecule has 1 aliphatic heterocycles. The van der Waals surface area contributed by atoms with Gasteiger partial charge in [-0.15, -0.1) is 0 Å². The van der Waals surface area contributed by atoms with Gasteiger partial charge in [-0.1, -0.05) is 12.1 Å². The SMILES string of the molecule is Nc1ccc(CCC(C(=O)O)N2CCNCCN(CC(=O)O)CCN(CC(=O)O)CC2)cc1. The lowest BCUT2D eigenvalue weighted by Gasteiger charge is -2.33. The molecule has 0 radical (unpaired) electrons. The minimum absolute atomic E-state index is 0.110. The molecule has 1 saturated heterocycles. The minimum atomic E-state index is -0.974. The van der Waals surface area contributed by atoms with Crippen molar-refractivity contribution in [1.82, 2.24) is 20.0 Å². The van der Waals surface area contributed by atoms with E-state index in [1.54, 1.807) is 21.9 Å². The summed E-state index contributed by atoms with van der Waals surface area (Å²) >= 11 is 0. The van der Waals surface area contributed by atoms with Crippen molar-refractivity contribution in [2.75, 3.05) is 71.2 Å². The zero-order valence-electron chi connectivity index (χ0n) is 18.9. The topological polar surface area (TPSA) is 160 Å². The van der Waals surface area contributed by atoms with Crippen molar-refractivity contribution in [3.05, 3.63) is 29.8 Å². The fraction of sp³-hybridized carbons (Fsp3) is 0.591. The molecular weight excluding hydrogens is 430 g/mol. The van der Waals surface area contributed by atoms with Gasteiger partial charge in [-0.05, 0) is 30.5 Å². The molecule has 2 rings (SSSR count). The molecule has 0 spiro atoms. The van der Waals surface area contributed by atoms with Gasteiger partial charge < -0.3 is 26.4 Å². The number of nitrogens with one attached hydrogen (secondary N) is 1. The first-order valence-corrected chi connectivity index (χ1v) is 11.1. The highest BCUT2D eigenvalue weighted by atomic mass is 16.4. The number of aryl methyl sites for hydroxylation is 1. The Bertz CT molecular complexity index is 775. The molecule has 0 bridgehead atoms. The quantitative estimate of drug-likeness (QED) is 0.294. The molecule has 1 fully saturated rings. The zero-order chi connectivity index (χ0) is 24.2. The zero-order valence-corrected chi connectivity index (χ0v) is 18.9. The summed E-state index contributed by atoms with van der Waals surface area (Å²) in [7, 11) is 0. The van der Waals surface area contributed by atoms with Crippen LogP contribution >= 0.6 is 0 Å². The van der Waals surface area contributed by atoms with Gasteiger partial charge in [0.2, 0.25) is 0 Å². The summed E-state index contributed by atoms with van der Waals surface area (Å²) in [6.45, 7) is 3.37. The second-order valence-corrected chi connectivity index (χ2v) is 8.26. The number of nitrogens with two attached hydrogens (primary N) is 1. The number of hydrogen-bond donors (Lipinski definition) is 5. The molecule has 0 amide bonds. The van der Waals surface area contributed by atoms with E-state index in [1.165, 1.54) is 0 Å². The Morgan fingerprint density at radius 3 is 1.97 bits per heavy atom. The van der Waals surface area contributed by atoms with E-state index in [9.17, 15) is 24.6 Å². The Balaban J connectivity index is 2.07. The third kappa shape index (κ3) is 10.2. The van der Waals surface area contributed by atoms with Crippen molar-refractivity contribution in [1.29, 1.82) is 0 Å². The normalized spacial score (nSPS) is 18.7. The van der Waals surface area contributed by atoms with Gasteiger partial charge in [0.05, 0.1) is 13.1 Å². The number of benzene rings is 1. The maximum atomic E-state index is 12.1. The Morgan fingerprint density at radius 1 is 0.848 bits per heavy atom. The number of carbonyl (C=O) groups is 3. The van der Waals surface area contributed by atoms with Crippen LogP contribution in [0, 0.1) is 0 Å². The van der Waals surface area contributed by atoms with Gasteiger partial charge in [0.15, 0.2) is 0 Å². The smallest absolute Gasteiger partial charge is 0.320 e. The van der Waals surface area contributed by atoms with E-state index in [1.807, 2.05) is 17.0 Å². The Labute approximate surface area is 193 Å². The van der Waals surface area contributed by atoms with E-state index >= 15 is 0 Å². The summed E-state index contributed by atoms with van der Waals surface area (Å²) < 4.78 is 0. The van der Waals surface area contributed by atoms with Crippen LogP contribution < -0.4 is 11.1 Å². The fourth-order valence-electron chi connectivity index (χ4n) is 3.93. The maximum Gasteiger partial charge on any atom is 0.320 e. The van der Waals surface area contributed by atoms with Gasteiger partial charge in [-0.25, -0.2) is 0 Å². The highest BCUT2D eigenvalue weighted by molar-refractivity contribution is 5.73. The van der Waals surface area contributed by atoms with Crippen LogP contribution in [0.15, 0.2) is 24.3 Å². The Morgan fingerprint density at radius 2 is 1.39 bits per heavy atom. The van der Waals surface area contributed by atoms with E-state index in [4.69, 9.17) is 10.8 Å². The molecule has 1 aromatic rings. The van der Waals surface area contributed by atoms with E-state index in [-0.39, 0.29) is 13.1 Å². The molecule has 6 N–H and O–H groups in total. The van der Waals surface area contributed by atoms with Gasteiger partial charge in [0.25, 0.3) is 0 Å². The number of nitrogen functional groups attached to an aromatic ring is 1. The van der Waals surface area contributed by atoms with Crippen LogP contribution in [0.4, 0.5) is 5.69 Å².